The molecule has 0 aliphatic carbocycles. The van der Waals surface area contributed by atoms with Crippen LogP contribution in [0.4, 0.5) is 0 Å². The van der Waals surface area contributed by atoms with E-state index in [2.05, 4.69) is 67.8 Å². The number of phosphoric acid groups is 1. The van der Waals surface area contributed by atoms with Crippen LogP contribution in [0, 0.1) is 0 Å². The zero-order valence-electron chi connectivity index (χ0n) is 30.9. The lowest BCUT2D eigenvalue weighted by atomic mass is 10.1. The molecule has 0 rings (SSSR count). The number of ether oxygens (including phenoxy) is 1. The second-order valence-corrected chi connectivity index (χ2v) is 14.0. The van der Waals surface area contributed by atoms with Crippen molar-refractivity contribution in [2.24, 2.45) is 0 Å². The number of amides is 1. The highest BCUT2D eigenvalue weighted by Crippen LogP contribution is 2.42. The van der Waals surface area contributed by atoms with Gasteiger partial charge in [-0.05, 0) is 64.2 Å². The summed E-state index contributed by atoms with van der Waals surface area (Å²) >= 11 is 0. The van der Waals surface area contributed by atoms with E-state index in [0.29, 0.717) is 6.42 Å². The Morgan fingerprint density at radius 2 is 1.10 bits per heavy atom. The average molecular weight is 712 g/mol. The lowest BCUT2D eigenvalue weighted by Gasteiger charge is -2.15. The highest BCUT2D eigenvalue weighted by Gasteiger charge is 2.23. The summed E-state index contributed by atoms with van der Waals surface area (Å²) in [5.41, 5.74) is 0. The number of carbonyl (C=O) groups excluding carboxylic acids is 2. The molecule has 2 unspecified atom stereocenters. The Hall–Kier alpha value is -2.03. The molecule has 284 valence electrons. The molecule has 0 fully saturated rings. The molecule has 9 nitrogen and oxygen atoms in total. The zero-order valence-corrected chi connectivity index (χ0v) is 31.8. The van der Waals surface area contributed by atoms with Crippen molar-refractivity contribution < 1.29 is 37.9 Å². The fourth-order valence-electron chi connectivity index (χ4n) is 4.76. The number of hydrogen-bond acceptors (Lipinski definition) is 7. The zero-order chi connectivity index (χ0) is 36.1. The van der Waals surface area contributed by atoms with E-state index >= 15 is 0 Å². The molecule has 0 saturated heterocycles. The van der Waals surface area contributed by atoms with E-state index in [0.717, 1.165) is 96.3 Å². The molecule has 1 amide bonds. The highest BCUT2D eigenvalue weighted by atomic mass is 31.2. The van der Waals surface area contributed by atoms with Crippen LogP contribution in [0.2, 0.25) is 0 Å². The Morgan fingerprint density at radius 1 is 0.633 bits per heavy atom. The van der Waals surface area contributed by atoms with Crippen LogP contribution in [-0.4, -0.2) is 54.3 Å². The maximum atomic E-state index is 12.0. The van der Waals surface area contributed by atoms with Crippen molar-refractivity contribution in [1.82, 2.24) is 5.32 Å². The van der Waals surface area contributed by atoms with Crippen LogP contribution in [0.3, 0.4) is 0 Å². The van der Waals surface area contributed by atoms with Crippen molar-refractivity contribution in [2.45, 2.75) is 161 Å². The van der Waals surface area contributed by atoms with E-state index in [9.17, 15) is 24.2 Å². The van der Waals surface area contributed by atoms with E-state index < -0.39 is 26.5 Å². The number of carbonyl (C=O) groups is 2. The number of aliphatic hydroxyl groups excluding tert-OH is 1. The molecule has 0 saturated carbocycles. The van der Waals surface area contributed by atoms with Gasteiger partial charge in [-0.1, -0.05) is 127 Å². The van der Waals surface area contributed by atoms with Crippen LogP contribution in [-0.2, 0) is 27.9 Å². The third kappa shape index (κ3) is 37.1. The summed E-state index contributed by atoms with van der Waals surface area (Å²) in [6.45, 7) is 3.41. The largest absolute Gasteiger partial charge is 0.472 e. The van der Waals surface area contributed by atoms with Gasteiger partial charge in [0.1, 0.15) is 12.7 Å². The van der Waals surface area contributed by atoms with Crippen molar-refractivity contribution in [3.8, 4) is 0 Å². The Balaban J connectivity index is 3.68. The Morgan fingerprint density at radius 3 is 1.63 bits per heavy atom. The van der Waals surface area contributed by atoms with Gasteiger partial charge in [0, 0.05) is 19.4 Å². The number of nitrogens with one attached hydrogen (secondary N) is 1. The number of unbranched alkanes of at least 4 members (excludes halogenated alkanes) is 14. The van der Waals surface area contributed by atoms with Crippen molar-refractivity contribution in [3.63, 3.8) is 0 Å². The molecule has 0 heterocycles. The van der Waals surface area contributed by atoms with Crippen molar-refractivity contribution in [3.05, 3.63) is 48.6 Å². The number of rotatable bonds is 35. The topological polar surface area (TPSA) is 131 Å². The van der Waals surface area contributed by atoms with Gasteiger partial charge in [0.2, 0.25) is 5.91 Å². The Labute approximate surface area is 298 Å². The molecule has 49 heavy (non-hydrogen) atoms. The summed E-state index contributed by atoms with van der Waals surface area (Å²) < 4.78 is 26.7. The lowest BCUT2D eigenvalue weighted by Crippen LogP contribution is -2.27. The quantitative estimate of drug-likeness (QED) is 0.0256. The first-order valence-electron chi connectivity index (χ1n) is 19.1. The highest BCUT2D eigenvalue weighted by molar-refractivity contribution is 7.47. The number of phosphoric ester groups is 1. The molecule has 0 aromatic carbocycles. The number of esters is 1. The summed E-state index contributed by atoms with van der Waals surface area (Å²) in [4.78, 5) is 33.7. The number of allylic oxidation sites excluding steroid dienone is 8. The van der Waals surface area contributed by atoms with Crippen LogP contribution in [0.5, 0.6) is 0 Å². The minimum Gasteiger partial charge on any atom is -0.463 e. The molecule has 0 aromatic rings. The van der Waals surface area contributed by atoms with E-state index in [-0.39, 0.29) is 32.1 Å². The number of hydrogen-bond donors (Lipinski definition) is 3. The predicted octanol–water partition coefficient (Wildman–Crippen LogP) is 9.99. The summed E-state index contributed by atoms with van der Waals surface area (Å²) in [6, 6.07) is 0. The van der Waals surface area contributed by atoms with Crippen LogP contribution >= 0.6 is 7.82 Å². The Kier molecular flexibility index (Phi) is 34.3. The minimum absolute atomic E-state index is 0.0706. The van der Waals surface area contributed by atoms with Crippen molar-refractivity contribution in [2.75, 3.05) is 26.4 Å². The van der Waals surface area contributed by atoms with E-state index in [1.807, 2.05) is 0 Å². The van der Waals surface area contributed by atoms with Crippen LogP contribution in [0.25, 0.3) is 0 Å². The summed E-state index contributed by atoms with van der Waals surface area (Å²) in [7, 11) is -4.42. The second kappa shape index (κ2) is 35.8. The van der Waals surface area contributed by atoms with E-state index in [1.165, 1.54) is 32.1 Å². The molecule has 0 spiro atoms. The maximum absolute atomic E-state index is 12.0. The van der Waals surface area contributed by atoms with Crippen LogP contribution in [0.1, 0.15) is 155 Å². The standard InChI is InChI=1S/C39H70NO8P/c1-3-5-7-9-11-13-15-17-19-21-23-25-27-29-31-38(42)40-33-34-47-49(44,45)48-36-37(41)35-46-39(43)32-30-28-26-24-22-20-18-16-14-12-10-8-6-4-2/h9-12,15-18,37,41H,3-8,13-14,19-36H2,1-2H3,(H,40,42)(H,44,45)/b11-9-,12-10-,17-15-,18-16-. The summed E-state index contributed by atoms with van der Waals surface area (Å²) in [6.07, 6.45) is 38.9. The molecule has 0 aliphatic heterocycles. The molecule has 10 heteroatoms. The second-order valence-electron chi connectivity index (χ2n) is 12.5. The first-order chi connectivity index (χ1) is 23.8. The SMILES string of the molecule is CCCC/C=C\C/C=C\CCCCCCCC(=O)NCCOP(=O)(O)OCC(O)COC(=O)CCCCCCC/C=C\C/C=C\CCCC. The molecular formula is C39H70NO8P. The van der Waals surface area contributed by atoms with Crippen molar-refractivity contribution >= 4 is 19.7 Å². The molecule has 3 N–H and O–H groups in total. The fraction of sp³-hybridized carbons (Fsp3) is 0.744. The van der Waals surface area contributed by atoms with E-state index in [1.54, 1.807) is 0 Å². The summed E-state index contributed by atoms with van der Waals surface area (Å²) in [5.74, 6) is -0.549. The van der Waals surface area contributed by atoms with Gasteiger partial charge in [-0.15, -0.1) is 0 Å². The third-order valence-corrected chi connectivity index (χ3v) is 8.72. The van der Waals surface area contributed by atoms with Gasteiger partial charge in [-0.2, -0.15) is 0 Å². The Bertz CT molecular complexity index is 949. The predicted molar refractivity (Wildman–Crippen MR) is 201 cm³/mol. The number of aliphatic hydroxyl groups is 1. The molecule has 0 radical (unpaired) electrons. The van der Waals surface area contributed by atoms with Gasteiger partial charge in [-0.3, -0.25) is 18.6 Å². The summed E-state index contributed by atoms with van der Waals surface area (Å²) in [5, 5.41) is 12.6. The fourth-order valence-corrected chi connectivity index (χ4v) is 5.52. The van der Waals surface area contributed by atoms with Gasteiger partial charge in [0.15, 0.2) is 0 Å². The minimum atomic E-state index is -4.42. The third-order valence-electron chi connectivity index (χ3n) is 7.73. The molecule has 2 atom stereocenters. The van der Waals surface area contributed by atoms with Gasteiger partial charge >= 0.3 is 13.8 Å². The smallest absolute Gasteiger partial charge is 0.463 e. The monoisotopic (exact) mass is 711 g/mol. The van der Waals surface area contributed by atoms with Gasteiger partial charge in [-0.25, -0.2) is 4.57 Å². The van der Waals surface area contributed by atoms with Crippen LogP contribution < -0.4 is 5.32 Å². The first kappa shape index (κ1) is 47.0. The van der Waals surface area contributed by atoms with Gasteiger partial charge in [0.05, 0.1) is 13.2 Å². The average Bonchev–Trinajstić information content (AvgIpc) is 3.08. The van der Waals surface area contributed by atoms with Gasteiger partial charge in [0.25, 0.3) is 0 Å². The van der Waals surface area contributed by atoms with Crippen LogP contribution in [0.15, 0.2) is 48.6 Å². The first-order valence-corrected chi connectivity index (χ1v) is 20.6. The molecule has 0 bridgehead atoms. The molecular weight excluding hydrogens is 641 g/mol. The maximum Gasteiger partial charge on any atom is 0.472 e. The van der Waals surface area contributed by atoms with Crippen molar-refractivity contribution in [1.29, 1.82) is 0 Å². The molecule has 0 aromatic heterocycles. The molecule has 0 aliphatic rings. The lowest BCUT2D eigenvalue weighted by molar-refractivity contribution is -0.147. The van der Waals surface area contributed by atoms with E-state index in [4.69, 9.17) is 13.8 Å². The van der Waals surface area contributed by atoms with Gasteiger partial charge < -0.3 is 20.1 Å². The normalized spacial score (nSPS) is 14.0.